The molecule has 3 atom stereocenters. The number of ether oxygens (including phenoxy) is 2. The molecule has 0 spiro atoms. The summed E-state index contributed by atoms with van der Waals surface area (Å²) in [4.78, 5) is 0. The number of para-hydroxylation sites is 1. The second kappa shape index (κ2) is 5.93. The summed E-state index contributed by atoms with van der Waals surface area (Å²) in [6.07, 6.45) is 4.03. The van der Waals surface area contributed by atoms with E-state index in [2.05, 4.69) is 30.4 Å². The van der Waals surface area contributed by atoms with Gasteiger partial charge < -0.3 is 14.8 Å². The van der Waals surface area contributed by atoms with Crippen molar-refractivity contribution >= 4 is 0 Å². The number of fused-ring (bicyclic) bond motifs is 1. The topological polar surface area (TPSA) is 30.5 Å². The van der Waals surface area contributed by atoms with Crippen molar-refractivity contribution in [1.82, 2.24) is 5.32 Å². The van der Waals surface area contributed by atoms with Gasteiger partial charge in [0.2, 0.25) is 0 Å². The molecule has 1 aromatic rings. The van der Waals surface area contributed by atoms with E-state index in [1.165, 1.54) is 18.4 Å². The fraction of sp³-hybridized carbons (Fsp3) is 0.625. The Morgan fingerprint density at radius 1 is 1.32 bits per heavy atom. The van der Waals surface area contributed by atoms with Gasteiger partial charge in [0, 0.05) is 24.1 Å². The van der Waals surface area contributed by atoms with Crippen LogP contribution in [0.1, 0.15) is 37.8 Å². The van der Waals surface area contributed by atoms with Crippen molar-refractivity contribution in [2.24, 2.45) is 5.92 Å². The molecule has 3 rings (SSSR count). The minimum absolute atomic E-state index is 0.409. The third-order valence-corrected chi connectivity index (χ3v) is 4.18. The molecule has 1 saturated heterocycles. The van der Waals surface area contributed by atoms with Gasteiger partial charge in [-0.3, -0.25) is 0 Å². The number of nitrogens with one attached hydrogen (secondary N) is 1. The Morgan fingerprint density at radius 3 is 3.05 bits per heavy atom. The lowest BCUT2D eigenvalue weighted by Gasteiger charge is -2.32. The summed E-state index contributed by atoms with van der Waals surface area (Å²) in [5.41, 5.74) is 1.30. The Labute approximate surface area is 115 Å². The Hall–Kier alpha value is -1.06. The lowest BCUT2D eigenvalue weighted by Crippen LogP contribution is -2.35. The molecule has 2 heterocycles. The van der Waals surface area contributed by atoms with Crippen LogP contribution in [0.5, 0.6) is 5.75 Å². The van der Waals surface area contributed by atoms with Gasteiger partial charge in [-0.25, -0.2) is 0 Å². The van der Waals surface area contributed by atoms with Crippen molar-refractivity contribution in [1.29, 1.82) is 0 Å². The zero-order valence-electron chi connectivity index (χ0n) is 11.6. The van der Waals surface area contributed by atoms with Crippen LogP contribution in [0, 0.1) is 5.92 Å². The summed E-state index contributed by atoms with van der Waals surface area (Å²) in [6, 6.07) is 8.78. The monoisotopic (exact) mass is 261 g/mol. The summed E-state index contributed by atoms with van der Waals surface area (Å²) in [5.74, 6) is 1.55. The molecule has 1 fully saturated rings. The fourth-order valence-electron chi connectivity index (χ4n) is 3.08. The molecule has 104 valence electrons. The summed E-state index contributed by atoms with van der Waals surface area (Å²) in [6.45, 7) is 5.02. The Balaban J connectivity index is 1.59. The molecule has 2 aliphatic rings. The van der Waals surface area contributed by atoms with Crippen LogP contribution in [0.2, 0.25) is 0 Å². The summed E-state index contributed by atoms with van der Waals surface area (Å²) in [7, 11) is 0. The predicted molar refractivity (Wildman–Crippen MR) is 75.4 cm³/mol. The maximum absolute atomic E-state index is 5.78. The van der Waals surface area contributed by atoms with Crippen molar-refractivity contribution in [3.8, 4) is 5.75 Å². The van der Waals surface area contributed by atoms with Crippen molar-refractivity contribution in [2.45, 2.75) is 38.3 Å². The normalized spacial score (nSPS) is 29.8. The lowest BCUT2D eigenvalue weighted by molar-refractivity contribution is 0.101. The Bertz CT molecular complexity index is 415. The smallest absolute Gasteiger partial charge is 0.124 e. The largest absolute Gasteiger partial charge is 0.493 e. The van der Waals surface area contributed by atoms with E-state index in [4.69, 9.17) is 9.47 Å². The van der Waals surface area contributed by atoms with Crippen LogP contribution in [0.3, 0.4) is 0 Å². The van der Waals surface area contributed by atoms with Gasteiger partial charge in [-0.15, -0.1) is 0 Å². The first kappa shape index (κ1) is 12.9. The highest BCUT2D eigenvalue weighted by molar-refractivity contribution is 5.37. The van der Waals surface area contributed by atoms with E-state index in [9.17, 15) is 0 Å². The van der Waals surface area contributed by atoms with Crippen LogP contribution in [0.4, 0.5) is 0 Å². The molecule has 0 radical (unpaired) electrons. The van der Waals surface area contributed by atoms with Crippen LogP contribution in [0.25, 0.3) is 0 Å². The van der Waals surface area contributed by atoms with Gasteiger partial charge in [0.25, 0.3) is 0 Å². The molecule has 1 N–H and O–H groups in total. The van der Waals surface area contributed by atoms with Gasteiger partial charge in [0.1, 0.15) is 5.75 Å². The third-order valence-electron chi connectivity index (χ3n) is 4.18. The molecule has 1 aromatic carbocycles. The summed E-state index contributed by atoms with van der Waals surface area (Å²) >= 11 is 0. The summed E-state index contributed by atoms with van der Waals surface area (Å²) in [5, 5.41) is 3.69. The van der Waals surface area contributed by atoms with E-state index in [-0.39, 0.29) is 0 Å². The molecule has 0 bridgehead atoms. The molecule has 0 aliphatic carbocycles. The zero-order valence-corrected chi connectivity index (χ0v) is 11.6. The molecule has 3 heteroatoms. The number of rotatable bonds is 4. The average Bonchev–Trinajstić information content (AvgIpc) is 2.94. The second-order valence-corrected chi connectivity index (χ2v) is 5.68. The van der Waals surface area contributed by atoms with Crippen molar-refractivity contribution in [2.75, 3.05) is 19.8 Å². The van der Waals surface area contributed by atoms with E-state index in [0.717, 1.165) is 31.9 Å². The average molecular weight is 261 g/mol. The minimum Gasteiger partial charge on any atom is -0.493 e. The number of hydrogen-bond acceptors (Lipinski definition) is 3. The molecular formula is C16H23NO2. The molecule has 3 nitrogen and oxygen atoms in total. The molecule has 19 heavy (non-hydrogen) atoms. The molecule has 0 aromatic heterocycles. The maximum Gasteiger partial charge on any atom is 0.124 e. The van der Waals surface area contributed by atoms with Crippen LogP contribution < -0.4 is 10.1 Å². The molecule has 0 amide bonds. The van der Waals surface area contributed by atoms with E-state index < -0.39 is 0 Å². The molecular weight excluding hydrogens is 238 g/mol. The van der Waals surface area contributed by atoms with Crippen molar-refractivity contribution in [3.63, 3.8) is 0 Å². The van der Waals surface area contributed by atoms with Crippen LogP contribution in [0.15, 0.2) is 24.3 Å². The third kappa shape index (κ3) is 2.93. The fourth-order valence-corrected chi connectivity index (χ4v) is 3.08. The van der Waals surface area contributed by atoms with Gasteiger partial charge in [0.15, 0.2) is 0 Å². The first-order chi connectivity index (χ1) is 9.34. The Morgan fingerprint density at radius 2 is 2.21 bits per heavy atom. The van der Waals surface area contributed by atoms with Gasteiger partial charge in [0.05, 0.1) is 12.7 Å². The zero-order chi connectivity index (χ0) is 13.1. The van der Waals surface area contributed by atoms with Crippen molar-refractivity contribution < 1.29 is 9.47 Å². The second-order valence-electron chi connectivity index (χ2n) is 5.68. The van der Waals surface area contributed by atoms with Gasteiger partial charge in [-0.2, -0.15) is 0 Å². The van der Waals surface area contributed by atoms with Crippen molar-refractivity contribution in [3.05, 3.63) is 29.8 Å². The van der Waals surface area contributed by atoms with Crippen LogP contribution >= 0.6 is 0 Å². The summed E-state index contributed by atoms with van der Waals surface area (Å²) < 4.78 is 11.5. The minimum atomic E-state index is 0.409. The number of benzene rings is 1. The van der Waals surface area contributed by atoms with E-state index in [1.807, 2.05) is 6.07 Å². The van der Waals surface area contributed by atoms with Gasteiger partial charge in [-0.05, 0) is 31.9 Å². The highest BCUT2D eigenvalue weighted by atomic mass is 16.5. The molecule has 2 aliphatic heterocycles. The molecule has 3 unspecified atom stereocenters. The van der Waals surface area contributed by atoms with E-state index in [1.54, 1.807) is 0 Å². The first-order valence-corrected chi connectivity index (χ1v) is 7.41. The highest BCUT2D eigenvalue weighted by Gasteiger charge is 2.27. The van der Waals surface area contributed by atoms with Crippen LogP contribution in [-0.2, 0) is 4.74 Å². The Kier molecular flexibility index (Phi) is 4.04. The van der Waals surface area contributed by atoms with Gasteiger partial charge in [-0.1, -0.05) is 25.1 Å². The SMILES string of the molecule is CC1COc2ccccc2C1NCCC1CCCO1. The first-order valence-electron chi connectivity index (χ1n) is 7.41. The van der Waals surface area contributed by atoms with E-state index in [0.29, 0.717) is 18.1 Å². The van der Waals surface area contributed by atoms with Crippen LogP contribution in [-0.4, -0.2) is 25.9 Å². The molecule has 0 saturated carbocycles. The quantitative estimate of drug-likeness (QED) is 0.904. The predicted octanol–water partition coefficient (Wildman–Crippen LogP) is 2.91. The highest BCUT2D eigenvalue weighted by Crippen LogP contribution is 2.34. The van der Waals surface area contributed by atoms with Gasteiger partial charge >= 0.3 is 0 Å². The standard InChI is InChI=1S/C16H23NO2/c1-12-11-19-15-7-3-2-6-14(15)16(12)17-9-8-13-5-4-10-18-13/h2-3,6-7,12-13,16-17H,4-5,8-11H2,1H3. The number of hydrogen-bond donors (Lipinski definition) is 1. The van der Waals surface area contributed by atoms with E-state index >= 15 is 0 Å². The maximum atomic E-state index is 5.78. The lowest BCUT2D eigenvalue weighted by atomic mass is 9.92.